The van der Waals surface area contributed by atoms with E-state index in [1.54, 1.807) is 0 Å². The lowest BCUT2D eigenvalue weighted by Crippen LogP contribution is -2.31. The van der Waals surface area contributed by atoms with E-state index >= 15 is 0 Å². The van der Waals surface area contributed by atoms with Crippen LogP contribution in [0.3, 0.4) is 0 Å². The fraction of sp³-hybridized carbons (Fsp3) is 0.778. The third kappa shape index (κ3) is 17.7. The van der Waals surface area contributed by atoms with E-state index in [2.05, 4.69) is 25.7 Å². The first-order valence-corrected chi connectivity index (χ1v) is 4.23. The molecule has 0 amide bonds. The van der Waals surface area contributed by atoms with Crippen LogP contribution < -0.4 is 11.1 Å². The van der Waals surface area contributed by atoms with Gasteiger partial charge in [-0.2, -0.15) is 0 Å². The molecule has 68 valence electrons. The summed E-state index contributed by atoms with van der Waals surface area (Å²) in [7, 11) is 1.89. The van der Waals surface area contributed by atoms with E-state index in [0.29, 0.717) is 0 Å². The van der Waals surface area contributed by atoms with Crippen molar-refractivity contribution in [1.29, 1.82) is 0 Å². The van der Waals surface area contributed by atoms with Gasteiger partial charge in [0.25, 0.3) is 0 Å². The normalized spacial score (nSPS) is 11.3. The molecule has 0 fully saturated rings. The highest BCUT2D eigenvalue weighted by molar-refractivity contribution is 4.75. The molecule has 0 radical (unpaired) electrons. The highest BCUT2D eigenvalue weighted by atomic mass is 14.9. The van der Waals surface area contributed by atoms with Gasteiger partial charge in [-0.05, 0) is 13.5 Å². The van der Waals surface area contributed by atoms with Crippen LogP contribution >= 0.6 is 0 Å². The van der Waals surface area contributed by atoms with Crippen molar-refractivity contribution < 1.29 is 0 Å². The smallest absolute Gasteiger partial charge is 0.0200 e. The van der Waals surface area contributed by atoms with Gasteiger partial charge in [0.05, 0.1) is 0 Å². The van der Waals surface area contributed by atoms with E-state index in [1.165, 1.54) is 6.42 Å². The van der Waals surface area contributed by atoms with Gasteiger partial charge in [0.1, 0.15) is 0 Å². The summed E-state index contributed by atoms with van der Waals surface area (Å²) in [5.74, 6) is 0. The van der Waals surface area contributed by atoms with Gasteiger partial charge in [-0.25, -0.2) is 0 Å². The van der Waals surface area contributed by atoms with Crippen LogP contribution in [0.4, 0.5) is 0 Å². The first-order chi connectivity index (χ1) is 5.22. The average Bonchev–Trinajstić information content (AvgIpc) is 1.90. The maximum atomic E-state index is 5.56. The molecule has 0 aliphatic carbocycles. The summed E-state index contributed by atoms with van der Waals surface area (Å²) >= 11 is 0. The molecule has 3 N–H and O–H groups in total. The Bertz CT molecular complexity index is 72.0. The van der Waals surface area contributed by atoms with Crippen molar-refractivity contribution >= 4 is 0 Å². The molecule has 1 unspecified atom stereocenters. The predicted molar refractivity (Wildman–Crippen MR) is 52.7 cm³/mol. The van der Waals surface area contributed by atoms with Gasteiger partial charge in [0.15, 0.2) is 0 Å². The molecule has 0 bridgehead atoms. The second-order valence-electron chi connectivity index (χ2n) is 2.55. The quantitative estimate of drug-likeness (QED) is 0.609. The lowest BCUT2D eigenvalue weighted by atomic mass is 10.2. The number of rotatable bonds is 4. The predicted octanol–water partition coefficient (Wildman–Crippen LogP) is 1.53. The standard InChI is InChI=1S/C6H14N2.C3H8/c1-3-4-6(7)5-8-2;1-3-2/h3,6,8H,1,4-5,7H2,2H3;3H2,1-2H3. The molecule has 2 nitrogen and oxygen atoms in total. The van der Waals surface area contributed by atoms with E-state index in [9.17, 15) is 0 Å². The molecule has 0 aromatic rings. The van der Waals surface area contributed by atoms with Crippen LogP contribution in [-0.4, -0.2) is 19.6 Å². The van der Waals surface area contributed by atoms with Gasteiger partial charge >= 0.3 is 0 Å². The zero-order valence-corrected chi connectivity index (χ0v) is 8.06. The second-order valence-corrected chi connectivity index (χ2v) is 2.55. The van der Waals surface area contributed by atoms with Crippen molar-refractivity contribution in [2.24, 2.45) is 5.73 Å². The highest BCUT2D eigenvalue weighted by Crippen LogP contribution is 1.83. The maximum absolute atomic E-state index is 5.56. The van der Waals surface area contributed by atoms with Gasteiger partial charge in [0, 0.05) is 12.6 Å². The van der Waals surface area contributed by atoms with Gasteiger partial charge in [0.2, 0.25) is 0 Å². The van der Waals surface area contributed by atoms with Crippen LogP contribution in [-0.2, 0) is 0 Å². The highest BCUT2D eigenvalue weighted by Gasteiger charge is 1.93. The van der Waals surface area contributed by atoms with E-state index in [1.807, 2.05) is 13.1 Å². The lowest BCUT2D eigenvalue weighted by Gasteiger charge is -2.05. The molecular weight excluding hydrogens is 136 g/mol. The van der Waals surface area contributed by atoms with Crippen LogP contribution in [0.25, 0.3) is 0 Å². The van der Waals surface area contributed by atoms with Crippen LogP contribution in [0, 0.1) is 0 Å². The summed E-state index contributed by atoms with van der Waals surface area (Å²) in [5.41, 5.74) is 5.56. The molecule has 11 heavy (non-hydrogen) atoms. The second kappa shape index (κ2) is 12.3. The molecule has 0 heterocycles. The molecule has 0 spiro atoms. The number of nitrogens with one attached hydrogen (secondary N) is 1. The minimum Gasteiger partial charge on any atom is -0.326 e. The molecule has 0 aromatic heterocycles. The SMILES string of the molecule is C=CCC(N)CNC.CCC. The van der Waals surface area contributed by atoms with Gasteiger partial charge in [-0.1, -0.05) is 26.3 Å². The Morgan fingerprint density at radius 2 is 2.00 bits per heavy atom. The zero-order chi connectivity index (χ0) is 9.11. The first kappa shape index (κ1) is 13.3. The van der Waals surface area contributed by atoms with Crippen molar-refractivity contribution in [3.05, 3.63) is 12.7 Å². The number of hydrogen-bond acceptors (Lipinski definition) is 2. The topological polar surface area (TPSA) is 38.0 Å². The number of nitrogens with two attached hydrogens (primary N) is 1. The van der Waals surface area contributed by atoms with Crippen LogP contribution in [0.15, 0.2) is 12.7 Å². The minimum atomic E-state index is 0.234. The van der Waals surface area contributed by atoms with E-state index in [0.717, 1.165) is 13.0 Å². The van der Waals surface area contributed by atoms with Gasteiger partial charge in [-0.3, -0.25) is 0 Å². The Kier molecular flexibility index (Phi) is 14.9. The average molecular weight is 158 g/mol. The number of likely N-dealkylation sites (N-methyl/N-ethyl adjacent to an activating group) is 1. The van der Waals surface area contributed by atoms with Crippen molar-refractivity contribution in [2.75, 3.05) is 13.6 Å². The maximum Gasteiger partial charge on any atom is 0.0200 e. The number of hydrogen-bond donors (Lipinski definition) is 2. The summed E-state index contributed by atoms with van der Waals surface area (Å²) in [4.78, 5) is 0. The fourth-order valence-electron chi connectivity index (χ4n) is 0.560. The molecule has 0 aromatic carbocycles. The molecule has 0 saturated heterocycles. The monoisotopic (exact) mass is 158 g/mol. The van der Waals surface area contributed by atoms with Crippen LogP contribution in [0.5, 0.6) is 0 Å². The van der Waals surface area contributed by atoms with Crippen molar-refractivity contribution in [3.8, 4) is 0 Å². The van der Waals surface area contributed by atoms with Crippen LogP contribution in [0.2, 0.25) is 0 Å². The molecular formula is C9H22N2. The molecule has 0 saturated carbocycles. The molecule has 0 rings (SSSR count). The van der Waals surface area contributed by atoms with Crippen molar-refractivity contribution in [3.63, 3.8) is 0 Å². The van der Waals surface area contributed by atoms with E-state index < -0.39 is 0 Å². The summed E-state index contributed by atoms with van der Waals surface area (Å²) in [6, 6.07) is 0.234. The third-order valence-corrected chi connectivity index (χ3v) is 0.936. The fourth-order valence-corrected chi connectivity index (χ4v) is 0.560. The van der Waals surface area contributed by atoms with E-state index in [4.69, 9.17) is 5.73 Å². The zero-order valence-electron chi connectivity index (χ0n) is 8.06. The molecule has 2 heteroatoms. The Morgan fingerprint density at radius 3 is 2.27 bits per heavy atom. The van der Waals surface area contributed by atoms with Crippen molar-refractivity contribution in [2.45, 2.75) is 32.7 Å². The summed E-state index contributed by atoms with van der Waals surface area (Å²) in [6.45, 7) is 8.69. The molecule has 0 aliphatic rings. The Balaban J connectivity index is 0. The Hall–Kier alpha value is -0.340. The van der Waals surface area contributed by atoms with Gasteiger partial charge in [-0.15, -0.1) is 6.58 Å². The molecule has 0 aliphatic heterocycles. The Morgan fingerprint density at radius 1 is 1.55 bits per heavy atom. The summed E-state index contributed by atoms with van der Waals surface area (Å²) in [6.07, 6.45) is 3.98. The van der Waals surface area contributed by atoms with Crippen LogP contribution in [0.1, 0.15) is 26.7 Å². The first-order valence-electron chi connectivity index (χ1n) is 4.23. The third-order valence-electron chi connectivity index (χ3n) is 0.936. The summed E-state index contributed by atoms with van der Waals surface area (Å²) in [5, 5.41) is 2.98. The lowest BCUT2D eigenvalue weighted by molar-refractivity contribution is 0.626. The largest absolute Gasteiger partial charge is 0.326 e. The summed E-state index contributed by atoms with van der Waals surface area (Å²) < 4.78 is 0. The van der Waals surface area contributed by atoms with Gasteiger partial charge < -0.3 is 11.1 Å². The van der Waals surface area contributed by atoms with E-state index in [-0.39, 0.29) is 6.04 Å². The minimum absolute atomic E-state index is 0.234. The van der Waals surface area contributed by atoms with Crippen molar-refractivity contribution in [1.82, 2.24) is 5.32 Å². The molecule has 1 atom stereocenters. The Labute approximate surface area is 70.9 Å².